The Morgan fingerprint density at radius 3 is 2.53 bits per heavy atom. The van der Waals surface area contributed by atoms with Gasteiger partial charge in [0, 0.05) is 22.1 Å². The van der Waals surface area contributed by atoms with Crippen molar-refractivity contribution >= 4 is 37.3 Å². The molecule has 0 bridgehead atoms. The molecule has 0 spiro atoms. The average molecular weight is 541 g/mol. The molecule has 1 heterocycles. The minimum Gasteiger partial charge on any atom is -0.493 e. The molecular weight excluding hydrogens is 516 g/mol. The summed E-state index contributed by atoms with van der Waals surface area (Å²) < 4.78 is 40.7. The van der Waals surface area contributed by atoms with Crippen LogP contribution in [0.1, 0.15) is 29.5 Å². The van der Waals surface area contributed by atoms with Crippen molar-refractivity contribution in [3.05, 3.63) is 88.4 Å². The first-order valence-corrected chi connectivity index (χ1v) is 13.3. The molecule has 0 radical (unpaired) electrons. The fourth-order valence-corrected chi connectivity index (χ4v) is 6.50. The lowest BCUT2D eigenvalue weighted by Gasteiger charge is -2.38. The van der Waals surface area contributed by atoms with E-state index >= 15 is 0 Å². The van der Waals surface area contributed by atoms with Gasteiger partial charge in [-0.15, -0.1) is 0 Å². The zero-order valence-electron chi connectivity index (χ0n) is 18.8. The molecule has 5 rings (SSSR count). The molecule has 2 N–H and O–H groups in total. The van der Waals surface area contributed by atoms with E-state index in [0.29, 0.717) is 23.1 Å². The summed E-state index contributed by atoms with van der Waals surface area (Å²) in [5.41, 5.74) is 3.57. The lowest BCUT2D eigenvalue weighted by Crippen LogP contribution is -2.29. The highest BCUT2D eigenvalue weighted by molar-refractivity contribution is 9.10. The summed E-state index contributed by atoms with van der Waals surface area (Å²) in [6, 6.07) is 18.6. The number of sulfonamides is 1. The Labute approximate surface area is 208 Å². The second-order valence-corrected chi connectivity index (χ2v) is 11.0. The van der Waals surface area contributed by atoms with Crippen LogP contribution in [0.25, 0.3) is 0 Å². The van der Waals surface area contributed by atoms with Gasteiger partial charge in [-0.2, -0.15) is 0 Å². The highest BCUT2D eigenvalue weighted by Gasteiger charge is 2.39. The van der Waals surface area contributed by atoms with Crippen LogP contribution >= 0.6 is 15.9 Å². The number of anilines is 2. The monoisotopic (exact) mass is 540 g/mol. The van der Waals surface area contributed by atoms with Gasteiger partial charge in [0.15, 0.2) is 11.5 Å². The number of methoxy groups -OCH3 is 2. The lowest BCUT2D eigenvalue weighted by molar-refractivity contribution is 0.355. The van der Waals surface area contributed by atoms with Crippen molar-refractivity contribution in [1.82, 2.24) is 0 Å². The van der Waals surface area contributed by atoms with Gasteiger partial charge in [0.2, 0.25) is 0 Å². The maximum Gasteiger partial charge on any atom is 0.261 e. The van der Waals surface area contributed by atoms with Gasteiger partial charge in [0.1, 0.15) is 0 Å². The molecule has 0 saturated heterocycles. The molecule has 3 aromatic rings. The van der Waals surface area contributed by atoms with Crippen molar-refractivity contribution < 1.29 is 17.9 Å². The molecule has 34 heavy (non-hydrogen) atoms. The van der Waals surface area contributed by atoms with E-state index in [2.05, 4.69) is 50.3 Å². The first kappa shape index (κ1) is 22.8. The summed E-state index contributed by atoms with van der Waals surface area (Å²) in [6.45, 7) is 0. The number of fused-ring (bicyclic) bond motifs is 3. The zero-order chi connectivity index (χ0) is 23.9. The topological polar surface area (TPSA) is 76.7 Å². The average Bonchev–Trinajstić information content (AvgIpc) is 3.34. The van der Waals surface area contributed by atoms with E-state index in [1.54, 1.807) is 30.3 Å². The second kappa shape index (κ2) is 9.00. The Morgan fingerprint density at radius 2 is 1.76 bits per heavy atom. The SMILES string of the molecule is COc1ccc(NS(=O)(=O)c2ccc3c(c2)[C@H]2C=CC[C@H]2[C@@H](c2ccccc2Br)N3)cc1OC. The molecule has 3 aromatic carbocycles. The standard InChI is InChI=1S/C26H25BrN2O4S/c1-32-24-13-10-16(14-25(24)33-2)29-34(30,31)17-11-12-23-21(15-17)18-7-5-8-19(18)26(28-23)20-6-3-4-9-22(20)27/h3-7,9-15,18-19,26,28-29H,8H2,1-2H3/t18-,19+,26-/m0/s1. The van der Waals surface area contributed by atoms with Crippen molar-refractivity contribution in [2.75, 3.05) is 24.3 Å². The van der Waals surface area contributed by atoms with Crippen LogP contribution in [0.2, 0.25) is 0 Å². The summed E-state index contributed by atoms with van der Waals surface area (Å²) in [6.07, 6.45) is 5.33. The number of hydrogen-bond acceptors (Lipinski definition) is 5. The van der Waals surface area contributed by atoms with E-state index in [1.807, 2.05) is 18.2 Å². The quantitative estimate of drug-likeness (QED) is 0.369. The summed E-state index contributed by atoms with van der Waals surface area (Å²) in [5.74, 6) is 1.44. The number of hydrogen-bond donors (Lipinski definition) is 2. The lowest BCUT2D eigenvalue weighted by atomic mass is 9.77. The van der Waals surface area contributed by atoms with Gasteiger partial charge >= 0.3 is 0 Å². The molecule has 0 amide bonds. The second-order valence-electron chi connectivity index (χ2n) is 8.42. The van der Waals surface area contributed by atoms with Crippen LogP contribution in [0, 0.1) is 5.92 Å². The fraction of sp³-hybridized carbons (Fsp3) is 0.231. The summed E-state index contributed by atoms with van der Waals surface area (Å²) in [4.78, 5) is 0.223. The third-order valence-corrected chi connectivity index (χ3v) is 8.62. The Morgan fingerprint density at radius 1 is 0.971 bits per heavy atom. The van der Waals surface area contributed by atoms with Crippen molar-refractivity contribution in [3.8, 4) is 11.5 Å². The maximum absolute atomic E-state index is 13.2. The van der Waals surface area contributed by atoms with Crippen molar-refractivity contribution in [2.24, 2.45) is 5.92 Å². The molecule has 3 atom stereocenters. The smallest absolute Gasteiger partial charge is 0.261 e. The van der Waals surface area contributed by atoms with E-state index in [9.17, 15) is 8.42 Å². The largest absolute Gasteiger partial charge is 0.493 e. The maximum atomic E-state index is 13.2. The van der Waals surface area contributed by atoms with Crippen molar-refractivity contribution in [2.45, 2.75) is 23.3 Å². The Bertz CT molecular complexity index is 1370. The van der Waals surface area contributed by atoms with Gasteiger partial charge < -0.3 is 14.8 Å². The van der Waals surface area contributed by atoms with E-state index in [-0.39, 0.29) is 16.9 Å². The van der Waals surface area contributed by atoms with Crippen LogP contribution in [0.4, 0.5) is 11.4 Å². The third kappa shape index (κ3) is 4.05. The number of benzene rings is 3. The van der Waals surface area contributed by atoms with Crippen LogP contribution in [0.5, 0.6) is 11.5 Å². The third-order valence-electron chi connectivity index (χ3n) is 6.52. The molecule has 8 heteroatoms. The number of nitrogens with one attached hydrogen (secondary N) is 2. The molecule has 176 valence electrons. The minimum atomic E-state index is -3.80. The molecule has 0 fully saturated rings. The summed E-state index contributed by atoms with van der Waals surface area (Å²) in [7, 11) is -0.749. The van der Waals surface area contributed by atoms with E-state index in [0.717, 1.165) is 22.1 Å². The Hall–Kier alpha value is -2.97. The first-order valence-electron chi connectivity index (χ1n) is 11.0. The number of halogens is 1. The first-order chi connectivity index (χ1) is 16.4. The molecule has 1 aliphatic heterocycles. The van der Waals surface area contributed by atoms with Crippen LogP contribution < -0.4 is 19.5 Å². The summed E-state index contributed by atoms with van der Waals surface area (Å²) in [5, 5.41) is 3.67. The van der Waals surface area contributed by atoms with Gasteiger partial charge in [0.05, 0.1) is 30.8 Å². The molecular formula is C26H25BrN2O4S. The Kier molecular flexibility index (Phi) is 6.04. The van der Waals surface area contributed by atoms with Gasteiger partial charge in [-0.1, -0.05) is 46.3 Å². The van der Waals surface area contributed by atoms with Crippen LogP contribution in [0.3, 0.4) is 0 Å². The van der Waals surface area contributed by atoms with Gasteiger partial charge in [-0.05, 0) is 59.9 Å². The van der Waals surface area contributed by atoms with E-state index < -0.39 is 10.0 Å². The molecule has 6 nitrogen and oxygen atoms in total. The van der Waals surface area contributed by atoms with Crippen LogP contribution in [0.15, 0.2) is 82.2 Å². The predicted octanol–water partition coefficient (Wildman–Crippen LogP) is 6.09. The fourth-order valence-electron chi connectivity index (χ4n) is 4.89. The van der Waals surface area contributed by atoms with Gasteiger partial charge in [0.25, 0.3) is 10.0 Å². The van der Waals surface area contributed by atoms with Gasteiger partial charge in [-0.25, -0.2) is 8.42 Å². The molecule has 0 aromatic heterocycles. The van der Waals surface area contributed by atoms with Crippen molar-refractivity contribution in [1.29, 1.82) is 0 Å². The molecule has 1 aliphatic carbocycles. The number of rotatable bonds is 6. The van der Waals surface area contributed by atoms with Crippen LogP contribution in [-0.2, 0) is 10.0 Å². The number of ether oxygens (including phenoxy) is 2. The van der Waals surface area contributed by atoms with E-state index in [1.165, 1.54) is 19.8 Å². The predicted molar refractivity (Wildman–Crippen MR) is 137 cm³/mol. The zero-order valence-corrected chi connectivity index (χ0v) is 21.2. The van der Waals surface area contributed by atoms with Crippen molar-refractivity contribution in [3.63, 3.8) is 0 Å². The number of allylic oxidation sites excluding steroid dienone is 2. The normalized spacial score (nSPS) is 20.7. The molecule has 0 unspecified atom stereocenters. The molecule has 0 saturated carbocycles. The summed E-state index contributed by atoms with van der Waals surface area (Å²) >= 11 is 3.69. The van der Waals surface area contributed by atoms with E-state index in [4.69, 9.17) is 9.47 Å². The highest BCUT2D eigenvalue weighted by Crippen LogP contribution is 2.51. The minimum absolute atomic E-state index is 0.135. The Balaban J connectivity index is 1.47. The highest BCUT2D eigenvalue weighted by atomic mass is 79.9. The van der Waals surface area contributed by atoms with Gasteiger partial charge in [-0.3, -0.25) is 4.72 Å². The molecule has 2 aliphatic rings. The van der Waals surface area contributed by atoms with Crippen LogP contribution in [-0.4, -0.2) is 22.6 Å².